The van der Waals surface area contributed by atoms with Crippen molar-refractivity contribution in [3.8, 4) is 40.2 Å². The molecule has 7 aromatic carbocycles. The van der Waals surface area contributed by atoms with E-state index in [9.17, 15) is 0 Å². The molecule has 0 bridgehead atoms. The Bertz CT molecular complexity index is 2650. The lowest BCUT2D eigenvalue weighted by molar-refractivity contribution is -0.150. The van der Waals surface area contributed by atoms with Gasteiger partial charge in [-0.2, -0.15) is 0 Å². The van der Waals surface area contributed by atoms with E-state index in [1.165, 1.54) is 0 Å². The first-order valence-corrected chi connectivity index (χ1v) is 28.1. The Morgan fingerprint density at radius 1 is 0.541 bits per heavy atom. The first-order chi connectivity index (χ1) is 36.5. The van der Waals surface area contributed by atoms with E-state index in [2.05, 4.69) is 19.9 Å². The van der Waals surface area contributed by atoms with E-state index >= 15 is 0 Å². The lowest BCUT2D eigenvalue weighted by Crippen LogP contribution is -2.55. The molecule has 2 fully saturated rings. The van der Waals surface area contributed by atoms with Crippen LogP contribution >= 0.6 is 0 Å². The van der Waals surface area contributed by atoms with Crippen LogP contribution in [0.3, 0.4) is 0 Å². The highest BCUT2D eigenvalue weighted by molar-refractivity contribution is 6.63. The molecule has 2 heterocycles. The molecule has 0 N–H and O–H groups in total. The predicted octanol–water partition coefficient (Wildman–Crippen LogP) is 14.6. The molecule has 0 amide bonds. The van der Waals surface area contributed by atoms with Gasteiger partial charge in [-0.3, -0.25) is 0 Å². The minimum atomic E-state index is -3.22. The average Bonchev–Trinajstić information content (AvgIpc) is 4.24. The van der Waals surface area contributed by atoms with Gasteiger partial charge in [0.25, 0.3) is 0 Å². The third-order valence-electron chi connectivity index (χ3n) is 13.4. The molecule has 2 aliphatic heterocycles. The van der Waals surface area contributed by atoms with Crippen LogP contribution in [0.4, 0.5) is 0 Å². The summed E-state index contributed by atoms with van der Waals surface area (Å²) in [6.45, 7) is 9.59. The van der Waals surface area contributed by atoms with Crippen molar-refractivity contribution in [2.24, 2.45) is 11.3 Å². The fraction of sp³-hybridized carbons (Fsp3) is 0.302. The van der Waals surface area contributed by atoms with Crippen molar-refractivity contribution in [3.63, 3.8) is 0 Å². The van der Waals surface area contributed by atoms with Gasteiger partial charge in [-0.15, -0.1) is 0 Å². The summed E-state index contributed by atoms with van der Waals surface area (Å²) in [5, 5.41) is 0. The maximum atomic E-state index is 6.65. The van der Waals surface area contributed by atoms with Crippen molar-refractivity contribution in [2.45, 2.75) is 64.0 Å². The standard InChI is InChI=1S/C36H36O5.C27H32O5Si/c1-2-26(33-25-38-33)24-37-23-13-21-31-30-20-12-22-32(39-27-14-6-3-7-15-27)34(30)36(41-29-18-10-5-11-19-29)35(31)40-28-16-8-4-9-17-28;1-2-27(22-29-23-27)21-28-19-12-20-33(30-24-13-6-3-7-14-24,31-25-15-8-4-9-16-25)32-26-17-10-5-11-18-26/h3-12,14-20,22,26,31,33H,2,13,21,23-25H2,1H3;3-11,13-18H,2,12,19-23H2,1H3. The number of hydrogen-bond acceptors (Lipinski definition) is 10. The van der Waals surface area contributed by atoms with Crippen LogP contribution in [0, 0.1) is 11.3 Å². The number of benzene rings is 7. The van der Waals surface area contributed by atoms with Crippen molar-refractivity contribution in [1.29, 1.82) is 0 Å². The van der Waals surface area contributed by atoms with Gasteiger partial charge in [-0.1, -0.05) is 135 Å². The van der Waals surface area contributed by atoms with E-state index in [-0.39, 0.29) is 11.3 Å². The largest absolute Gasteiger partial charge is 0.699 e. The van der Waals surface area contributed by atoms with Gasteiger partial charge in [0.15, 0.2) is 11.5 Å². The molecule has 0 spiro atoms. The molecule has 10 nitrogen and oxygen atoms in total. The van der Waals surface area contributed by atoms with Gasteiger partial charge < -0.3 is 46.4 Å². The van der Waals surface area contributed by atoms with E-state index in [0.717, 1.165) is 122 Å². The normalized spacial score (nSPS) is 16.6. The highest BCUT2D eigenvalue weighted by Crippen LogP contribution is 2.50. The Morgan fingerprint density at radius 2 is 1.03 bits per heavy atom. The van der Waals surface area contributed by atoms with E-state index in [0.29, 0.717) is 37.0 Å². The van der Waals surface area contributed by atoms with Crippen molar-refractivity contribution in [1.82, 2.24) is 0 Å². The van der Waals surface area contributed by atoms with Gasteiger partial charge in [0.05, 0.1) is 50.7 Å². The Hall–Kier alpha value is -6.86. The number of para-hydroxylation sites is 6. The third kappa shape index (κ3) is 14.5. The molecule has 3 unspecified atom stereocenters. The molecular formula is C63H68O10Si. The van der Waals surface area contributed by atoms with E-state index in [1.54, 1.807) is 0 Å². The lowest BCUT2D eigenvalue weighted by atomic mass is 9.84. The van der Waals surface area contributed by atoms with Gasteiger partial charge in [0.1, 0.15) is 40.2 Å². The summed E-state index contributed by atoms with van der Waals surface area (Å²) in [4.78, 5) is 0. The topological polar surface area (TPSA) is 95.6 Å². The van der Waals surface area contributed by atoms with Crippen LogP contribution in [0.25, 0.3) is 5.76 Å². The molecule has 11 heteroatoms. The zero-order chi connectivity index (χ0) is 50.7. The first-order valence-electron chi connectivity index (χ1n) is 26.1. The van der Waals surface area contributed by atoms with Crippen LogP contribution in [0.15, 0.2) is 206 Å². The molecule has 2 saturated heterocycles. The molecule has 0 saturated carbocycles. The molecule has 0 radical (unpaired) electrons. The molecule has 0 aromatic heterocycles. The summed E-state index contributed by atoms with van der Waals surface area (Å²) in [6.07, 6.45) is 5.01. The molecule has 7 aromatic rings. The zero-order valence-corrected chi connectivity index (χ0v) is 43.6. The predicted molar refractivity (Wildman–Crippen MR) is 291 cm³/mol. The van der Waals surface area contributed by atoms with Crippen molar-refractivity contribution in [3.05, 3.63) is 217 Å². The van der Waals surface area contributed by atoms with Crippen LogP contribution in [0.1, 0.15) is 63.0 Å². The molecule has 1 aliphatic carbocycles. The zero-order valence-electron chi connectivity index (χ0n) is 42.6. The number of fused-ring (bicyclic) bond motifs is 1. The summed E-state index contributed by atoms with van der Waals surface area (Å²) >= 11 is 0. The summed E-state index contributed by atoms with van der Waals surface area (Å²) in [7, 11) is -3.22. The summed E-state index contributed by atoms with van der Waals surface area (Å²) < 4.78 is 62.4. The second-order valence-electron chi connectivity index (χ2n) is 18.9. The Kier molecular flexibility index (Phi) is 18.5. The first kappa shape index (κ1) is 52.0. The van der Waals surface area contributed by atoms with Crippen LogP contribution in [0.5, 0.6) is 40.2 Å². The maximum absolute atomic E-state index is 6.65. The minimum absolute atomic E-state index is 0.0134. The molecule has 3 aliphatic rings. The average molecular weight is 1010 g/mol. The highest BCUT2D eigenvalue weighted by atomic mass is 28.4. The second kappa shape index (κ2) is 26.4. The Balaban J connectivity index is 0.000000186. The summed E-state index contributed by atoms with van der Waals surface area (Å²) in [5.74, 6) is 7.15. The number of hydrogen-bond donors (Lipinski definition) is 0. The highest BCUT2D eigenvalue weighted by Gasteiger charge is 2.49. The molecule has 3 atom stereocenters. The maximum Gasteiger partial charge on any atom is 0.699 e. The van der Waals surface area contributed by atoms with Gasteiger partial charge in [0, 0.05) is 30.5 Å². The number of rotatable bonds is 27. The van der Waals surface area contributed by atoms with Crippen molar-refractivity contribution >= 4 is 14.6 Å². The smallest absolute Gasteiger partial charge is 0.483 e. The lowest BCUT2D eigenvalue weighted by Gasteiger charge is -2.40. The summed E-state index contributed by atoms with van der Waals surface area (Å²) in [6, 6.07) is 65.6. The van der Waals surface area contributed by atoms with Crippen molar-refractivity contribution in [2.75, 3.05) is 46.2 Å². The molecule has 384 valence electrons. The number of allylic oxidation sites excluding steroid dienone is 1. The van der Waals surface area contributed by atoms with Crippen molar-refractivity contribution < 1.29 is 46.4 Å². The minimum Gasteiger partial charge on any atom is -0.483 e. The fourth-order valence-corrected chi connectivity index (χ4v) is 11.5. The SMILES string of the molecule is CCC(COCCCC1C(Oc2ccccc2)=C(Oc2ccccc2)c2c(Oc3ccccc3)cccc21)C1CO1.CCC1(COCCC[Si](Oc2ccccc2)(Oc2ccccc2)Oc2ccccc2)COC1. The monoisotopic (exact) mass is 1010 g/mol. The van der Waals surface area contributed by atoms with E-state index in [1.807, 2.05) is 194 Å². The van der Waals surface area contributed by atoms with Gasteiger partial charge in [0.2, 0.25) is 0 Å². The third-order valence-corrected chi connectivity index (χ3v) is 16.0. The fourth-order valence-electron chi connectivity index (χ4n) is 9.05. The quantitative estimate of drug-likeness (QED) is 0.0282. The Labute approximate surface area is 438 Å². The van der Waals surface area contributed by atoms with Crippen LogP contribution in [0.2, 0.25) is 6.04 Å². The van der Waals surface area contributed by atoms with Gasteiger partial charge >= 0.3 is 8.80 Å². The van der Waals surface area contributed by atoms with Gasteiger partial charge in [-0.05, 0) is 117 Å². The van der Waals surface area contributed by atoms with E-state index in [4.69, 9.17) is 46.4 Å². The van der Waals surface area contributed by atoms with Gasteiger partial charge in [-0.25, -0.2) is 0 Å². The number of epoxide rings is 1. The molecule has 74 heavy (non-hydrogen) atoms. The van der Waals surface area contributed by atoms with Crippen LogP contribution in [-0.2, 0) is 18.9 Å². The Morgan fingerprint density at radius 3 is 1.50 bits per heavy atom. The molecule has 10 rings (SSSR count). The van der Waals surface area contributed by atoms with Crippen LogP contribution < -0.4 is 27.5 Å². The van der Waals surface area contributed by atoms with Crippen LogP contribution in [-0.4, -0.2) is 61.2 Å². The molecular weight excluding hydrogens is 945 g/mol. The second-order valence-corrected chi connectivity index (χ2v) is 21.4. The summed E-state index contributed by atoms with van der Waals surface area (Å²) in [5.41, 5.74) is 2.23. The van der Waals surface area contributed by atoms with E-state index < -0.39 is 8.80 Å². The number of ether oxygens (including phenoxy) is 7.